The largest absolute Gasteiger partial charge is 0.547 e. The summed E-state index contributed by atoms with van der Waals surface area (Å²) in [5.74, 6) is 1.56. The van der Waals surface area contributed by atoms with Crippen LogP contribution in [0.15, 0.2) is 24.5 Å². The molecule has 122 valence electrons. The summed E-state index contributed by atoms with van der Waals surface area (Å²) in [5.41, 5.74) is 0. The summed E-state index contributed by atoms with van der Waals surface area (Å²) in [6.07, 6.45) is 6.45. The van der Waals surface area contributed by atoms with Gasteiger partial charge in [0, 0.05) is 12.3 Å². The lowest BCUT2D eigenvalue weighted by atomic mass is 10.0. The molecule has 0 bridgehead atoms. The monoisotopic (exact) mass is 326 g/mol. The molecule has 0 saturated heterocycles. The zero-order valence-electron chi connectivity index (χ0n) is 15.2. The molecule has 0 aromatic heterocycles. The highest BCUT2D eigenvalue weighted by atomic mass is 28.4. The van der Waals surface area contributed by atoms with Crippen molar-refractivity contribution in [2.24, 2.45) is 5.92 Å². The van der Waals surface area contributed by atoms with Gasteiger partial charge in [-0.25, -0.2) is 0 Å². The maximum atomic E-state index is 6.65. The first-order chi connectivity index (χ1) is 9.36. The van der Waals surface area contributed by atoms with Gasteiger partial charge in [-0.3, -0.25) is 0 Å². The highest BCUT2D eigenvalue weighted by Crippen LogP contribution is 2.41. The second kappa shape index (κ2) is 6.43. The molecule has 21 heavy (non-hydrogen) atoms. The van der Waals surface area contributed by atoms with E-state index in [1.54, 1.807) is 0 Å². The Balaban J connectivity index is 2.82. The third-order valence-corrected chi connectivity index (χ3v) is 9.79. The summed E-state index contributed by atoms with van der Waals surface area (Å²) in [5, 5.41) is 0.244. The average Bonchev–Trinajstić information content (AvgIpc) is 2.55. The number of rotatable bonds is 6. The van der Waals surface area contributed by atoms with Crippen molar-refractivity contribution in [1.29, 1.82) is 0 Å². The van der Waals surface area contributed by atoms with Crippen LogP contribution in [-0.2, 0) is 8.85 Å². The van der Waals surface area contributed by atoms with E-state index in [2.05, 4.69) is 66.2 Å². The lowest BCUT2D eigenvalue weighted by molar-refractivity contribution is 0.145. The molecule has 0 aromatic rings. The van der Waals surface area contributed by atoms with E-state index in [4.69, 9.17) is 8.85 Å². The lowest BCUT2D eigenvalue weighted by Crippen LogP contribution is -2.45. The minimum atomic E-state index is -1.74. The summed E-state index contributed by atoms with van der Waals surface area (Å²) >= 11 is 0. The van der Waals surface area contributed by atoms with E-state index in [0.29, 0.717) is 5.92 Å². The fourth-order valence-electron chi connectivity index (χ4n) is 2.33. The first-order valence-electron chi connectivity index (χ1n) is 8.04. The van der Waals surface area contributed by atoms with Gasteiger partial charge in [-0.1, -0.05) is 26.8 Å². The molecule has 0 aliphatic heterocycles. The van der Waals surface area contributed by atoms with Gasteiger partial charge < -0.3 is 8.85 Å². The molecular weight excluding hydrogens is 292 g/mol. The topological polar surface area (TPSA) is 18.5 Å². The van der Waals surface area contributed by atoms with Crippen LogP contribution in [0.5, 0.6) is 0 Å². The summed E-state index contributed by atoms with van der Waals surface area (Å²) in [6, 6.07) is 0. The second-order valence-electron chi connectivity index (χ2n) is 8.66. The van der Waals surface area contributed by atoms with E-state index in [1.807, 2.05) is 6.08 Å². The van der Waals surface area contributed by atoms with Crippen LogP contribution in [0.3, 0.4) is 0 Å². The minimum Gasteiger partial charge on any atom is -0.547 e. The predicted molar refractivity (Wildman–Crippen MR) is 97.5 cm³/mol. The van der Waals surface area contributed by atoms with Crippen molar-refractivity contribution >= 4 is 16.6 Å². The quantitative estimate of drug-likeness (QED) is 0.460. The first-order valence-corrected chi connectivity index (χ1v) is 14.4. The maximum absolute atomic E-state index is 6.65. The highest BCUT2D eigenvalue weighted by molar-refractivity contribution is 6.74. The van der Waals surface area contributed by atoms with Crippen molar-refractivity contribution in [3.8, 4) is 0 Å². The second-order valence-corrected chi connectivity index (χ2v) is 17.8. The Kier molecular flexibility index (Phi) is 5.73. The molecule has 1 aliphatic carbocycles. The smallest absolute Gasteiger partial charge is 0.241 e. The molecular formula is C17H34O2Si2. The highest BCUT2D eigenvalue weighted by Gasteiger charge is 2.42. The van der Waals surface area contributed by atoms with E-state index in [9.17, 15) is 0 Å². The molecule has 0 amide bonds. The van der Waals surface area contributed by atoms with Crippen molar-refractivity contribution in [2.75, 3.05) is 0 Å². The summed E-state index contributed by atoms with van der Waals surface area (Å²) < 4.78 is 12.9. The maximum Gasteiger partial charge on any atom is 0.241 e. The van der Waals surface area contributed by atoms with E-state index in [-0.39, 0.29) is 11.1 Å². The van der Waals surface area contributed by atoms with Crippen LogP contribution in [0, 0.1) is 5.92 Å². The van der Waals surface area contributed by atoms with Crippen LogP contribution in [0.4, 0.5) is 0 Å². The Morgan fingerprint density at radius 3 is 2.24 bits per heavy atom. The van der Waals surface area contributed by atoms with Crippen molar-refractivity contribution in [3.63, 3.8) is 0 Å². The van der Waals surface area contributed by atoms with E-state index in [0.717, 1.165) is 18.6 Å². The van der Waals surface area contributed by atoms with Gasteiger partial charge in [-0.15, -0.1) is 6.58 Å². The van der Waals surface area contributed by atoms with Crippen molar-refractivity contribution in [3.05, 3.63) is 24.5 Å². The van der Waals surface area contributed by atoms with E-state index in [1.165, 1.54) is 0 Å². The lowest BCUT2D eigenvalue weighted by Gasteiger charge is -2.39. The number of allylic oxidation sites excluding steroid dienone is 1. The SMILES string of the molecule is C=CC[C@@H]1C=C(O[Si](C)(C)C)C[C@H]1O[Si](C)(C)C(C)(C)C. The molecule has 1 aliphatic rings. The molecule has 0 aromatic carbocycles. The molecule has 0 spiro atoms. The summed E-state index contributed by atoms with van der Waals surface area (Å²) in [6.45, 7) is 22.1. The molecule has 0 unspecified atom stereocenters. The van der Waals surface area contributed by atoms with Gasteiger partial charge in [0.15, 0.2) is 8.32 Å². The minimum absolute atomic E-state index is 0.244. The zero-order valence-corrected chi connectivity index (χ0v) is 17.2. The van der Waals surface area contributed by atoms with Gasteiger partial charge in [0.25, 0.3) is 0 Å². The van der Waals surface area contributed by atoms with Crippen LogP contribution >= 0.6 is 0 Å². The van der Waals surface area contributed by atoms with Gasteiger partial charge in [-0.2, -0.15) is 0 Å². The summed E-state index contributed by atoms with van der Waals surface area (Å²) in [7, 11) is -3.28. The normalized spacial score (nSPS) is 23.9. The molecule has 0 saturated carbocycles. The predicted octanol–water partition coefficient (Wildman–Crippen LogP) is 5.71. The third-order valence-electron chi connectivity index (χ3n) is 4.41. The zero-order chi connectivity index (χ0) is 16.5. The van der Waals surface area contributed by atoms with E-state index >= 15 is 0 Å². The molecule has 0 fully saturated rings. The molecule has 2 nitrogen and oxygen atoms in total. The Morgan fingerprint density at radius 1 is 1.24 bits per heavy atom. The molecule has 1 rings (SSSR count). The van der Waals surface area contributed by atoms with Crippen LogP contribution < -0.4 is 0 Å². The van der Waals surface area contributed by atoms with Gasteiger partial charge in [0.2, 0.25) is 8.32 Å². The molecule has 0 heterocycles. The van der Waals surface area contributed by atoms with E-state index < -0.39 is 16.6 Å². The molecule has 2 atom stereocenters. The van der Waals surface area contributed by atoms with Gasteiger partial charge in [-0.05, 0) is 50.3 Å². The van der Waals surface area contributed by atoms with Crippen LogP contribution in [0.2, 0.25) is 37.8 Å². The Hall–Kier alpha value is -0.326. The number of hydrogen-bond acceptors (Lipinski definition) is 2. The average molecular weight is 327 g/mol. The van der Waals surface area contributed by atoms with Crippen molar-refractivity contribution < 1.29 is 8.85 Å². The van der Waals surface area contributed by atoms with Gasteiger partial charge in [0.05, 0.1) is 11.9 Å². The van der Waals surface area contributed by atoms with Crippen LogP contribution in [0.25, 0.3) is 0 Å². The van der Waals surface area contributed by atoms with Crippen molar-refractivity contribution in [1.82, 2.24) is 0 Å². The summed E-state index contributed by atoms with van der Waals surface area (Å²) in [4.78, 5) is 0. The van der Waals surface area contributed by atoms with Crippen LogP contribution in [-0.4, -0.2) is 22.7 Å². The van der Waals surface area contributed by atoms with Crippen molar-refractivity contribution in [2.45, 2.75) is 77.5 Å². The third kappa shape index (κ3) is 5.42. The molecule has 4 heteroatoms. The Morgan fingerprint density at radius 2 is 1.81 bits per heavy atom. The molecule has 0 N–H and O–H groups in total. The fraction of sp³-hybridized carbons (Fsp3) is 0.765. The standard InChI is InChI=1S/C17H34O2Si2/c1-10-11-14-12-15(18-20(5,6)7)13-16(14)19-21(8,9)17(2,3)4/h10,12,14,16H,1,11,13H2,2-9H3/t14-,16-/m1/s1. The fourth-order valence-corrected chi connectivity index (χ4v) is 4.64. The number of hydrogen-bond donors (Lipinski definition) is 0. The Labute approximate surface area is 133 Å². The van der Waals surface area contributed by atoms with Gasteiger partial charge in [0.1, 0.15) is 0 Å². The van der Waals surface area contributed by atoms with Crippen LogP contribution in [0.1, 0.15) is 33.6 Å². The first kappa shape index (κ1) is 18.7. The molecule has 0 radical (unpaired) electrons. The Bertz CT molecular complexity index is 400. The van der Waals surface area contributed by atoms with Gasteiger partial charge >= 0.3 is 0 Å².